The maximum atomic E-state index is 12.5. The Morgan fingerprint density at radius 3 is 2.87 bits per heavy atom. The van der Waals surface area contributed by atoms with E-state index < -0.39 is 0 Å². The van der Waals surface area contributed by atoms with Gasteiger partial charge in [-0.15, -0.1) is 11.3 Å². The molecule has 0 aliphatic carbocycles. The van der Waals surface area contributed by atoms with E-state index in [-0.39, 0.29) is 24.8 Å². The summed E-state index contributed by atoms with van der Waals surface area (Å²) >= 11 is 3.23. The Balaban J connectivity index is 1.37. The van der Waals surface area contributed by atoms with E-state index in [0.29, 0.717) is 18.0 Å². The van der Waals surface area contributed by atoms with Crippen molar-refractivity contribution in [1.29, 1.82) is 0 Å². The topological polar surface area (TPSA) is 71.5 Å². The van der Waals surface area contributed by atoms with Gasteiger partial charge in [0.25, 0.3) is 5.91 Å². The number of fused-ring (bicyclic) bond motifs is 1. The van der Waals surface area contributed by atoms with Gasteiger partial charge in [0.1, 0.15) is 5.75 Å². The zero-order chi connectivity index (χ0) is 21.1. The van der Waals surface area contributed by atoms with Crippen molar-refractivity contribution in [3.05, 3.63) is 59.1 Å². The van der Waals surface area contributed by atoms with Crippen LogP contribution in [0.1, 0.15) is 17.7 Å². The van der Waals surface area contributed by atoms with E-state index in [1.165, 1.54) is 0 Å². The number of hydrogen-bond donors (Lipinski definition) is 1. The number of amides is 2. The lowest BCUT2D eigenvalue weighted by molar-refractivity contribution is -0.121. The second-order valence-corrected chi connectivity index (χ2v) is 9.11. The van der Waals surface area contributed by atoms with Crippen molar-refractivity contribution in [3.63, 3.8) is 0 Å². The van der Waals surface area contributed by atoms with Gasteiger partial charge in [0, 0.05) is 34.6 Å². The molecule has 154 valence electrons. The highest BCUT2D eigenvalue weighted by atomic mass is 32.2. The summed E-state index contributed by atoms with van der Waals surface area (Å²) in [5.74, 6) is 0.388. The van der Waals surface area contributed by atoms with E-state index in [2.05, 4.69) is 10.3 Å². The number of anilines is 2. The van der Waals surface area contributed by atoms with Crippen LogP contribution in [-0.2, 0) is 9.59 Å². The molecule has 1 aromatic heterocycles. The summed E-state index contributed by atoms with van der Waals surface area (Å²) in [7, 11) is 0. The number of ether oxygens (including phenoxy) is 1. The number of para-hydroxylation sites is 2. The molecule has 0 saturated heterocycles. The maximum Gasteiger partial charge on any atom is 0.265 e. The number of carbonyl (C=O) groups is 2. The largest absolute Gasteiger partial charge is 0.482 e. The first kappa shape index (κ1) is 20.4. The molecule has 0 fully saturated rings. The van der Waals surface area contributed by atoms with E-state index in [9.17, 15) is 9.59 Å². The molecule has 8 heteroatoms. The van der Waals surface area contributed by atoms with Crippen LogP contribution in [0.25, 0.3) is 0 Å². The molecule has 2 amide bonds. The summed E-state index contributed by atoms with van der Waals surface area (Å²) in [5, 5.41) is 4.98. The van der Waals surface area contributed by atoms with Gasteiger partial charge in [-0.1, -0.05) is 23.9 Å². The molecule has 1 aliphatic rings. The van der Waals surface area contributed by atoms with E-state index >= 15 is 0 Å². The third-order valence-corrected chi connectivity index (χ3v) is 6.69. The Kier molecular flexibility index (Phi) is 6.06. The molecule has 0 spiro atoms. The molecular formula is C22H21N3O3S2. The molecule has 3 aromatic rings. The van der Waals surface area contributed by atoms with Crippen LogP contribution in [0.3, 0.4) is 0 Å². The minimum Gasteiger partial charge on any atom is -0.482 e. The van der Waals surface area contributed by atoms with Gasteiger partial charge in [-0.05, 0) is 49.7 Å². The number of aromatic nitrogens is 1. The molecule has 2 heterocycles. The lowest BCUT2D eigenvalue weighted by Crippen LogP contribution is -2.40. The van der Waals surface area contributed by atoms with Gasteiger partial charge >= 0.3 is 0 Å². The number of aryl methyl sites for hydroxylation is 2. The third kappa shape index (κ3) is 4.66. The lowest BCUT2D eigenvalue weighted by atomic mass is 10.2. The van der Waals surface area contributed by atoms with Crippen LogP contribution in [0.15, 0.2) is 57.1 Å². The van der Waals surface area contributed by atoms with Crippen molar-refractivity contribution in [3.8, 4) is 5.75 Å². The van der Waals surface area contributed by atoms with Crippen LogP contribution in [-0.4, -0.2) is 29.9 Å². The number of nitrogens with one attached hydrogen (secondary N) is 1. The van der Waals surface area contributed by atoms with Gasteiger partial charge in [-0.2, -0.15) is 0 Å². The SMILES string of the molecule is Cc1csc(Sc2ccc(NC(=O)CCN3C(=O)COc4ccccc43)c(C)c2)n1. The Morgan fingerprint density at radius 1 is 1.27 bits per heavy atom. The lowest BCUT2D eigenvalue weighted by Gasteiger charge is -2.29. The Bertz CT molecular complexity index is 1100. The van der Waals surface area contributed by atoms with Crippen LogP contribution >= 0.6 is 23.1 Å². The number of hydrogen-bond acceptors (Lipinski definition) is 6. The summed E-state index contributed by atoms with van der Waals surface area (Å²) in [6.45, 7) is 4.25. The molecule has 30 heavy (non-hydrogen) atoms. The quantitative estimate of drug-likeness (QED) is 0.605. The number of carbonyl (C=O) groups excluding carboxylic acids is 2. The van der Waals surface area contributed by atoms with Gasteiger partial charge in [0.05, 0.1) is 5.69 Å². The number of thiazole rings is 1. The zero-order valence-corrected chi connectivity index (χ0v) is 18.3. The normalized spacial score (nSPS) is 13.0. The van der Waals surface area contributed by atoms with E-state index in [1.54, 1.807) is 28.0 Å². The van der Waals surface area contributed by atoms with Crippen LogP contribution in [0.2, 0.25) is 0 Å². The molecule has 0 atom stereocenters. The summed E-state index contributed by atoms with van der Waals surface area (Å²) in [5.41, 5.74) is 3.48. The third-order valence-electron chi connectivity index (χ3n) is 4.65. The molecule has 1 aliphatic heterocycles. The van der Waals surface area contributed by atoms with Crippen molar-refractivity contribution < 1.29 is 14.3 Å². The number of rotatable bonds is 6. The highest BCUT2D eigenvalue weighted by Crippen LogP contribution is 2.33. The van der Waals surface area contributed by atoms with Gasteiger partial charge in [-0.3, -0.25) is 9.59 Å². The average molecular weight is 440 g/mol. The van der Waals surface area contributed by atoms with Gasteiger partial charge in [-0.25, -0.2) is 4.98 Å². The van der Waals surface area contributed by atoms with Crippen molar-refractivity contribution >= 4 is 46.3 Å². The average Bonchev–Trinajstić information content (AvgIpc) is 3.14. The molecule has 0 unspecified atom stereocenters. The molecule has 2 aromatic carbocycles. The number of benzene rings is 2. The standard InChI is InChI=1S/C22H21N3O3S2/c1-14-11-16(30-22-23-15(2)13-29-22)7-8-17(14)24-20(26)9-10-25-18-5-3-4-6-19(18)28-12-21(25)27/h3-8,11,13H,9-10,12H2,1-2H3,(H,24,26). The van der Waals surface area contributed by atoms with Crippen LogP contribution in [0.4, 0.5) is 11.4 Å². The fraction of sp³-hybridized carbons (Fsp3) is 0.227. The summed E-state index contributed by atoms with van der Waals surface area (Å²) < 4.78 is 6.44. The van der Waals surface area contributed by atoms with Crippen LogP contribution in [0, 0.1) is 13.8 Å². The van der Waals surface area contributed by atoms with Crippen molar-refractivity contribution in [1.82, 2.24) is 4.98 Å². The van der Waals surface area contributed by atoms with Crippen molar-refractivity contribution in [2.45, 2.75) is 29.5 Å². The second-order valence-electron chi connectivity index (χ2n) is 6.93. The van der Waals surface area contributed by atoms with Gasteiger partial charge in [0.2, 0.25) is 5.91 Å². The number of nitrogens with zero attached hydrogens (tertiary/aromatic N) is 2. The predicted molar refractivity (Wildman–Crippen MR) is 120 cm³/mol. The summed E-state index contributed by atoms with van der Waals surface area (Å²) in [6, 6.07) is 13.3. The first-order valence-corrected chi connectivity index (χ1v) is 11.2. The predicted octanol–water partition coefficient (Wildman–Crippen LogP) is 4.67. The summed E-state index contributed by atoms with van der Waals surface area (Å²) in [4.78, 5) is 31.9. The fourth-order valence-corrected chi connectivity index (χ4v) is 5.05. The minimum atomic E-state index is -0.142. The maximum absolute atomic E-state index is 12.5. The molecule has 4 rings (SSSR count). The van der Waals surface area contributed by atoms with Crippen LogP contribution in [0.5, 0.6) is 5.75 Å². The highest BCUT2D eigenvalue weighted by molar-refractivity contribution is 8.01. The van der Waals surface area contributed by atoms with Gasteiger partial charge in [0.15, 0.2) is 10.9 Å². The molecule has 0 bridgehead atoms. The van der Waals surface area contributed by atoms with E-state index in [4.69, 9.17) is 4.74 Å². The van der Waals surface area contributed by atoms with E-state index in [0.717, 1.165) is 26.2 Å². The Hall–Kier alpha value is -2.84. The molecule has 0 radical (unpaired) electrons. The molecule has 0 saturated carbocycles. The van der Waals surface area contributed by atoms with Gasteiger partial charge < -0.3 is 15.0 Å². The molecule has 6 nitrogen and oxygen atoms in total. The smallest absolute Gasteiger partial charge is 0.265 e. The Morgan fingerprint density at radius 2 is 2.10 bits per heavy atom. The molecule has 1 N–H and O–H groups in total. The summed E-state index contributed by atoms with van der Waals surface area (Å²) in [6.07, 6.45) is 0.203. The first-order chi connectivity index (χ1) is 14.5. The highest BCUT2D eigenvalue weighted by Gasteiger charge is 2.25. The van der Waals surface area contributed by atoms with Crippen LogP contribution < -0.4 is 15.0 Å². The van der Waals surface area contributed by atoms with Crippen molar-refractivity contribution in [2.24, 2.45) is 0 Å². The second kappa shape index (κ2) is 8.89. The zero-order valence-electron chi connectivity index (χ0n) is 16.7. The first-order valence-electron chi connectivity index (χ1n) is 9.52. The minimum absolute atomic E-state index is 0.00447. The fourth-order valence-electron chi connectivity index (χ4n) is 3.15. The monoisotopic (exact) mass is 439 g/mol. The van der Waals surface area contributed by atoms with E-state index in [1.807, 2.05) is 61.7 Å². The molecular weight excluding hydrogens is 418 g/mol. The van der Waals surface area contributed by atoms with Crippen molar-refractivity contribution in [2.75, 3.05) is 23.4 Å². The Labute approximate surface area is 183 Å².